The first kappa shape index (κ1) is 19.3. The molecule has 29 heavy (non-hydrogen) atoms. The smallest absolute Gasteiger partial charge is 0.231 e. The molecule has 2 N–H and O–H groups in total. The van der Waals surface area contributed by atoms with Gasteiger partial charge in [0.05, 0.1) is 18.7 Å². The van der Waals surface area contributed by atoms with Crippen molar-refractivity contribution in [2.45, 2.75) is 26.4 Å². The van der Waals surface area contributed by atoms with Crippen molar-refractivity contribution in [3.8, 4) is 17.2 Å². The minimum atomic E-state index is 0.314. The van der Waals surface area contributed by atoms with E-state index in [2.05, 4.69) is 53.6 Å². The van der Waals surface area contributed by atoms with Crippen LogP contribution in [0.5, 0.6) is 17.2 Å². The van der Waals surface area contributed by atoms with Crippen LogP contribution in [0, 0.1) is 0 Å². The molecule has 2 heterocycles. The van der Waals surface area contributed by atoms with E-state index in [1.54, 1.807) is 0 Å². The second-order valence-corrected chi connectivity index (χ2v) is 7.24. The molecule has 0 fully saturated rings. The molecule has 0 saturated carbocycles. The lowest BCUT2D eigenvalue weighted by atomic mass is 10.1. The van der Waals surface area contributed by atoms with E-state index in [-0.39, 0.29) is 0 Å². The van der Waals surface area contributed by atoms with Crippen LogP contribution in [0.2, 0.25) is 0 Å². The third-order valence-electron chi connectivity index (χ3n) is 5.14. The monoisotopic (exact) mass is 392 g/mol. The molecule has 0 amide bonds. The molecule has 1 aromatic heterocycles. The molecule has 0 aliphatic carbocycles. The van der Waals surface area contributed by atoms with E-state index in [1.165, 1.54) is 21.6 Å². The predicted octanol–water partition coefficient (Wildman–Crippen LogP) is 2.46. The zero-order chi connectivity index (χ0) is 19.9. The summed E-state index contributed by atoms with van der Waals surface area (Å²) in [4.78, 5) is 4.68. The van der Waals surface area contributed by atoms with E-state index in [0.29, 0.717) is 13.4 Å². The molecule has 0 spiro atoms. The zero-order valence-electron chi connectivity index (χ0n) is 16.8. The van der Waals surface area contributed by atoms with Crippen LogP contribution >= 0.6 is 0 Å². The fourth-order valence-corrected chi connectivity index (χ4v) is 3.70. The summed E-state index contributed by atoms with van der Waals surface area (Å²) in [6, 6.07) is 18.8. The van der Waals surface area contributed by atoms with Crippen LogP contribution in [0.15, 0.2) is 67.0 Å². The average Bonchev–Trinajstić information content (AvgIpc) is 3.22. The SMILES string of the molecule is CCOc1ccccc1C[NH+](CCc1ccc2c(c1)OCO2)Cc1ccc[nH+]c1. The molecule has 0 bridgehead atoms. The van der Waals surface area contributed by atoms with Gasteiger partial charge >= 0.3 is 0 Å². The number of hydrogen-bond acceptors (Lipinski definition) is 3. The van der Waals surface area contributed by atoms with E-state index in [1.807, 2.05) is 25.3 Å². The first-order valence-electron chi connectivity index (χ1n) is 10.2. The Hall–Kier alpha value is -3.05. The molecular weight excluding hydrogens is 364 g/mol. The summed E-state index contributed by atoms with van der Waals surface area (Å²) in [5.41, 5.74) is 3.81. The Morgan fingerprint density at radius 3 is 2.72 bits per heavy atom. The van der Waals surface area contributed by atoms with E-state index >= 15 is 0 Å². The number of quaternary nitrogens is 1. The van der Waals surface area contributed by atoms with Crippen LogP contribution in [0.25, 0.3) is 0 Å². The number of fused-ring (bicyclic) bond motifs is 1. The second-order valence-electron chi connectivity index (χ2n) is 7.24. The van der Waals surface area contributed by atoms with Gasteiger partial charge in [-0.3, -0.25) is 0 Å². The maximum atomic E-state index is 5.85. The fraction of sp³-hybridized carbons (Fsp3) is 0.292. The Morgan fingerprint density at radius 1 is 0.966 bits per heavy atom. The molecule has 5 heteroatoms. The van der Waals surface area contributed by atoms with Crippen LogP contribution in [0.1, 0.15) is 23.6 Å². The van der Waals surface area contributed by atoms with Gasteiger partial charge in [0.1, 0.15) is 18.8 Å². The number of hydrogen-bond donors (Lipinski definition) is 1. The molecule has 1 aliphatic heterocycles. The van der Waals surface area contributed by atoms with Gasteiger partial charge in [0, 0.05) is 18.1 Å². The highest BCUT2D eigenvalue weighted by atomic mass is 16.7. The topological polar surface area (TPSA) is 46.3 Å². The Morgan fingerprint density at radius 2 is 1.86 bits per heavy atom. The van der Waals surface area contributed by atoms with E-state index in [9.17, 15) is 0 Å². The predicted molar refractivity (Wildman–Crippen MR) is 110 cm³/mol. The van der Waals surface area contributed by atoms with E-state index in [4.69, 9.17) is 14.2 Å². The minimum absolute atomic E-state index is 0.314. The number of nitrogens with one attached hydrogen (secondary N) is 2. The number of rotatable bonds is 9. The van der Waals surface area contributed by atoms with Crippen molar-refractivity contribution in [2.24, 2.45) is 0 Å². The maximum absolute atomic E-state index is 5.85. The highest BCUT2D eigenvalue weighted by molar-refractivity contribution is 5.44. The van der Waals surface area contributed by atoms with Crippen LogP contribution in [0.4, 0.5) is 0 Å². The van der Waals surface area contributed by atoms with Gasteiger partial charge in [-0.2, -0.15) is 0 Å². The zero-order valence-corrected chi connectivity index (χ0v) is 16.8. The molecule has 1 aliphatic rings. The highest BCUT2D eigenvalue weighted by Gasteiger charge is 2.17. The summed E-state index contributed by atoms with van der Waals surface area (Å²) < 4.78 is 16.8. The van der Waals surface area contributed by atoms with Crippen molar-refractivity contribution in [1.29, 1.82) is 0 Å². The molecule has 0 radical (unpaired) electrons. The molecule has 150 valence electrons. The summed E-state index contributed by atoms with van der Waals surface area (Å²) >= 11 is 0. The van der Waals surface area contributed by atoms with Crippen molar-refractivity contribution >= 4 is 0 Å². The summed E-state index contributed by atoms with van der Waals surface area (Å²) in [5, 5.41) is 0. The van der Waals surface area contributed by atoms with Crippen LogP contribution in [0.3, 0.4) is 0 Å². The standard InChI is InChI=1S/C24H26N2O3/c1-2-27-22-8-4-3-7-21(22)17-26(16-20-6-5-12-25-15-20)13-11-19-9-10-23-24(14-19)29-18-28-23/h3-10,12,14-15H,2,11,13,16-18H2,1H3/p+2. The van der Waals surface area contributed by atoms with Crippen LogP contribution in [-0.4, -0.2) is 19.9 Å². The number of aromatic amines is 1. The van der Waals surface area contributed by atoms with E-state index < -0.39 is 0 Å². The van der Waals surface area contributed by atoms with Crippen molar-refractivity contribution < 1.29 is 24.1 Å². The Kier molecular flexibility index (Phi) is 6.27. The van der Waals surface area contributed by atoms with Gasteiger partial charge in [0.25, 0.3) is 0 Å². The summed E-state index contributed by atoms with van der Waals surface area (Å²) in [6.45, 7) is 5.89. The van der Waals surface area contributed by atoms with Gasteiger partial charge < -0.3 is 19.1 Å². The van der Waals surface area contributed by atoms with Gasteiger partial charge in [0.2, 0.25) is 6.79 Å². The van der Waals surface area contributed by atoms with Crippen molar-refractivity contribution in [3.63, 3.8) is 0 Å². The molecule has 1 unspecified atom stereocenters. The first-order chi connectivity index (χ1) is 14.3. The molecule has 1 atom stereocenters. The Bertz CT molecular complexity index is 930. The Labute approximate surface area is 171 Å². The Balaban J connectivity index is 1.49. The minimum Gasteiger partial charge on any atom is -0.493 e. The number of para-hydroxylation sites is 1. The normalized spacial score (nSPS) is 13.3. The second kappa shape index (κ2) is 9.43. The third kappa shape index (κ3) is 5.06. The summed E-state index contributed by atoms with van der Waals surface area (Å²) in [6.07, 6.45) is 4.99. The highest BCUT2D eigenvalue weighted by Crippen LogP contribution is 2.32. The van der Waals surface area contributed by atoms with E-state index in [0.717, 1.165) is 43.3 Å². The quantitative estimate of drug-likeness (QED) is 0.609. The van der Waals surface area contributed by atoms with Crippen molar-refractivity contribution in [2.75, 3.05) is 19.9 Å². The number of pyridine rings is 1. The third-order valence-corrected chi connectivity index (χ3v) is 5.14. The summed E-state index contributed by atoms with van der Waals surface area (Å²) in [7, 11) is 0. The van der Waals surface area contributed by atoms with Gasteiger partial charge in [0.15, 0.2) is 23.9 Å². The van der Waals surface area contributed by atoms with Crippen LogP contribution < -0.4 is 24.1 Å². The van der Waals surface area contributed by atoms with Gasteiger partial charge in [-0.25, -0.2) is 4.98 Å². The fourth-order valence-electron chi connectivity index (χ4n) is 3.70. The lowest BCUT2D eigenvalue weighted by Crippen LogP contribution is -3.09. The molecular formula is C24H28N2O3+2. The number of H-pyrrole nitrogens is 1. The lowest BCUT2D eigenvalue weighted by molar-refractivity contribution is -0.927. The number of benzene rings is 2. The number of ether oxygens (including phenoxy) is 3. The number of aromatic nitrogens is 1. The largest absolute Gasteiger partial charge is 0.493 e. The van der Waals surface area contributed by atoms with Crippen molar-refractivity contribution in [3.05, 3.63) is 83.7 Å². The molecule has 3 aromatic rings. The first-order valence-corrected chi connectivity index (χ1v) is 10.2. The molecule has 0 saturated heterocycles. The van der Waals surface area contributed by atoms with Crippen LogP contribution in [-0.2, 0) is 19.5 Å². The molecule has 4 rings (SSSR count). The molecule has 2 aromatic carbocycles. The lowest BCUT2D eigenvalue weighted by Gasteiger charge is -2.21. The summed E-state index contributed by atoms with van der Waals surface area (Å²) in [5.74, 6) is 2.67. The van der Waals surface area contributed by atoms with Gasteiger partial charge in [-0.15, -0.1) is 0 Å². The van der Waals surface area contributed by atoms with Gasteiger partial charge in [-0.05, 0) is 42.8 Å². The average molecular weight is 392 g/mol. The maximum Gasteiger partial charge on any atom is 0.231 e. The van der Waals surface area contributed by atoms with Crippen molar-refractivity contribution in [1.82, 2.24) is 0 Å². The molecule has 5 nitrogen and oxygen atoms in total. The van der Waals surface area contributed by atoms with Gasteiger partial charge in [-0.1, -0.05) is 18.2 Å².